The zero-order valence-corrected chi connectivity index (χ0v) is 18.0. The Balaban J connectivity index is 1.61. The molecule has 4 nitrogen and oxygen atoms in total. The quantitative estimate of drug-likeness (QED) is 0.777. The standard InChI is InChI=1S/C24H30N2O2S/c1-24(23(28)25-19-11-5-3-2-4-6-12-19)16-18-10-7-8-14-21(18)22(27)26(24)17-20-13-9-15-29-20/h7-10,13-15,19H,2-6,11-12,16-17H2,1H3,(H,25,28)/t24-/m0/s1. The molecule has 2 aliphatic rings. The third-order valence-electron chi connectivity index (χ3n) is 6.45. The Bertz CT molecular complexity index is 856. The van der Waals surface area contributed by atoms with Gasteiger partial charge in [-0.15, -0.1) is 11.3 Å². The number of benzene rings is 1. The van der Waals surface area contributed by atoms with Crippen LogP contribution < -0.4 is 5.32 Å². The van der Waals surface area contributed by atoms with Crippen molar-refractivity contribution < 1.29 is 9.59 Å². The van der Waals surface area contributed by atoms with Crippen molar-refractivity contribution in [2.75, 3.05) is 0 Å². The number of thiophene rings is 1. The first-order chi connectivity index (χ1) is 14.1. The molecule has 0 radical (unpaired) electrons. The fourth-order valence-electron chi connectivity index (χ4n) is 4.67. The molecule has 0 unspecified atom stereocenters. The fourth-order valence-corrected chi connectivity index (χ4v) is 5.36. The Kier molecular flexibility index (Phi) is 6.04. The molecule has 1 saturated carbocycles. The van der Waals surface area contributed by atoms with Crippen LogP contribution in [0.1, 0.15) is 72.7 Å². The van der Waals surface area contributed by atoms with E-state index in [2.05, 4.69) is 5.32 Å². The molecule has 1 aromatic carbocycles. The summed E-state index contributed by atoms with van der Waals surface area (Å²) in [6.45, 7) is 2.41. The summed E-state index contributed by atoms with van der Waals surface area (Å²) in [7, 11) is 0. The van der Waals surface area contributed by atoms with Crippen molar-refractivity contribution in [2.45, 2.75) is 76.4 Å². The van der Waals surface area contributed by atoms with Gasteiger partial charge in [0.05, 0.1) is 6.54 Å². The van der Waals surface area contributed by atoms with Crippen LogP contribution in [0.15, 0.2) is 41.8 Å². The lowest BCUT2D eigenvalue weighted by atomic mass is 9.82. The van der Waals surface area contributed by atoms with Gasteiger partial charge in [-0.25, -0.2) is 0 Å². The van der Waals surface area contributed by atoms with Crippen molar-refractivity contribution in [1.82, 2.24) is 10.2 Å². The maximum atomic E-state index is 13.6. The first kappa shape index (κ1) is 20.1. The number of nitrogens with one attached hydrogen (secondary N) is 1. The second-order valence-electron chi connectivity index (χ2n) is 8.59. The monoisotopic (exact) mass is 410 g/mol. The van der Waals surface area contributed by atoms with Crippen molar-refractivity contribution in [3.8, 4) is 0 Å². The van der Waals surface area contributed by atoms with E-state index >= 15 is 0 Å². The summed E-state index contributed by atoms with van der Waals surface area (Å²) in [5, 5.41) is 5.35. The van der Waals surface area contributed by atoms with E-state index in [1.165, 1.54) is 32.1 Å². The van der Waals surface area contributed by atoms with Crippen LogP contribution in [0.25, 0.3) is 0 Å². The SMILES string of the molecule is C[C@@]1(C(=O)NC2CCCCCCC2)Cc2ccccc2C(=O)N1Cc1cccs1. The van der Waals surface area contributed by atoms with Crippen molar-refractivity contribution in [3.05, 3.63) is 57.8 Å². The molecule has 154 valence electrons. The predicted octanol–water partition coefficient (Wildman–Crippen LogP) is 4.93. The van der Waals surface area contributed by atoms with Crippen LogP contribution in [0.5, 0.6) is 0 Å². The highest BCUT2D eigenvalue weighted by atomic mass is 32.1. The molecule has 1 aliphatic heterocycles. The molecule has 0 spiro atoms. The van der Waals surface area contributed by atoms with Crippen LogP contribution in [-0.4, -0.2) is 28.3 Å². The van der Waals surface area contributed by atoms with Crippen molar-refractivity contribution in [1.29, 1.82) is 0 Å². The van der Waals surface area contributed by atoms with E-state index in [1.807, 2.05) is 48.7 Å². The molecule has 0 saturated heterocycles. The van der Waals surface area contributed by atoms with E-state index in [0.29, 0.717) is 13.0 Å². The summed E-state index contributed by atoms with van der Waals surface area (Å²) in [5.41, 5.74) is 0.813. The minimum Gasteiger partial charge on any atom is -0.351 e. The molecule has 29 heavy (non-hydrogen) atoms. The highest BCUT2D eigenvalue weighted by molar-refractivity contribution is 7.09. The number of rotatable bonds is 4. The van der Waals surface area contributed by atoms with Crippen molar-refractivity contribution in [3.63, 3.8) is 0 Å². The lowest BCUT2D eigenvalue weighted by molar-refractivity contribution is -0.132. The van der Waals surface area contributed by atoms with Crippen LogP contribution in [-0.2, 0) is 17.8 Å². The number of nitrogens with zero attached hydrogens (tertiary/aromatic N) is 1. The lowest BCUT2D eigenvalue weighted by Gasteiger charge is -2.44. The second-order valence-corrected chi connectivity index (χ2v) is 9.63. The molecule has 4 rings (SSSR count). The smallest absolute Gasteiger partial charge is 0.255 e. The summed E-state index contributed by atoms with van der Waals surface area (Å²) < 4.78 is 0. The van der Waals surface area contributed by atoms with Crippen LogP contribution in [0.4, 0.5) is 0 Å². The normalized spacial score (nSPS) is 23.2. The number of hydrogen-bond donors (Lipinski definition) is 1. The number of hydrogen-bond acceptors (Lipinski definition) is 3. The number of carbonyl (C=O) groups excluding carboxylic acids is 2. The highest BCUT2D eigenvalue weighted by Crippen LogP contribution is 2.33. The van der Waals surface area contributed by atoms with Gasteiger partial charge < -0.3 is 10.2 Å². The van der Waals surface area contributed by atoms with E-state index in [0.717, 1.165) is 28.8 Å². The first-order valence-corrected chi connectivity index (χ1v) is 11.7. The Morgan fingerprint density at radius 3 is 2.55 bits per heavy atom. The number of amides is 2. The topological polar surface area (TPSA) is 49.4 Å². The Morgan fingerprint density at radius 2 is 1.83 bits per heavy atom. The number of fused-ring (bicyclic) bond motifs is 1. The minimum atomic E-state index is -0.877. The molecule has 0 bridgehead atoms. The van der Waals surface area contributed by atoms with E-state index < -0.39 is 5.54 Å². The molecule has 1 atom stereocenters. The van der Waals surface area contributed by atoms with E-state index in [1.54, 1.807) is 16.2 Å². The molecule has 2 aromatic rings. The van der Waals surface area contributed by atoms with Gasteiger partial charge in [0, 0.05) is 22.9 Å². The van der Waals surface area contributed by atoms with Gasteiger partial charge in [-0.2, -0.15) is 0 Å². The molecule has 2 heterocycles. The summed E-state index contributed by atoms with van der Waals surface area (Å²) in [6.07, 6.45) is 8.77. The third kappa shape index (κ3) is 4.25. The van der Waals surface area contributed by atoms with Crippen LogP contribution in [0.2, 0.25) is 0 Å². The summed E-state index contributed by atoms with van der Waals surface area (Å²) in [6, 6.07) is 12.0. The molecule has 1 aromatic heterocycles. The van der Waals surface area contributed by atoms with E-state index in [4.69, 9.17) is 0 Å². The Morgan fingerprint density at radius 1 is 1.10 bits per heavy atom. The average molecular weight is 411 g/mol. The minimum absolute atomic E-state index is 0.0116. The van der Waals surface area contributed by atoms with Gasteiger partial charge in [0.2, 0.25) is 5.91 Å². The third-order valence-corrected chi connectivity index (χ3v) is 7.31. The van der Waals surface area contributed by atoms with Gasteiger partial charge in [0.25, 0.3) is 5.91 Å². The van der Waals surface area contributed by atoms with E-state index in [9.17, 15) is 9.59 Å². The maximum absolute atomic E-state index is 13.6. The van der Waals surface area contributed by atoms with Crippen molar-refractivity contribution in [2.24, 2.45) is 0 Å². The zero-order chi connectivity index (χ0) is 20.3. The summed E-state index contributed by atoms with van der Waals surface area (Å²) in [4.78, 5) is 29.9. The zero-order valence-electron chi connectivity index (χ0n) is 17.2. The van der Waals surface area contributed by atoms with E-state index in [-0.39, 0.29) is 17.9 Å². The van der Waals surface area contributed by atoms with Crippen molar-refractivity contribution >= 4 is 23.2 Å². The molecule has 1 N–H and O–H groups in total. The Hall–Kier alpha value is -2.14. The van der Waals surface area contributed by atoms with Gasteiger partial charge >= 0.3 is 0 Å². The van der Waals surface area contributed by atoms with Crippen LogP contribution in [0.3, 0.4) is 0 Å². The number of carbonyl (C=O) groups is 2. The predicted molar refractivity (Wildman–Crippen MR) is 117 cm³/mol. The van der Waals surface area contributed by atoms with Gasteiger partial charge in [0.15, 0.2) is 0 Å². The molecule has 5 heteroatoms. The molecule has 2 amide bonds. The maximum Gasteiger partial charge on any atom is 0.255 e. The van der Waals surface area contributed by atoms with Crippen LogP contribution >= 0.6 is 11.3 Å². The molecule has 1 aliphatic carbocycles. The molecular weight excluding hydrogens is 380 g/mol. The van der Waals surface area contributed by atoms with Gasteiger partial charge in [-0.3, -0.25) is 9.59 Å². The molecular formula is C24H30N2O2S. The van der Waals surface area contributed by atoms with Gasteiger partial charge in [-0.05, 0) is 42.8 Å². The Labute approximate surface area is 177 Å². The summed E-state index contributed by atoms with van der Waals surface area (Å²) in [5.74, 6) is -0.0574. The molecule has 1 fully saturated rings. The van der Waals surface area contributed by atoms with Crippen LogP contribution in [0, 0.1) is 0 Å². The average Bonchev–Trinajstić information content (AvgIpc) is 3.20. The fraction of sp³-hybridized carbons (Fsp3) is 0.500. The first-order valence-electron chi connectivity index (χ1n) is 10.8. The lowest BCUT2D eigenvalue weighted by Crippen LogP contribution is -2.63. The largest absolute Gasteiger partial charge is 0.351 e. The highest BCUT2D eigenvalue weighted by Gasteiger charge is 2.47. The van der Waals surface area contributed by atoms with Gasteiger partial charge in [0.1, 0.15) is 5.54 Å². The second kappa shape index (κ2) is 8.70. The summed E-state index contributed by atoms with van der Waals surface area (Å²) >= 11 is 1.63. The van der Waals surface area contributed by atoms with Gasteiger partial charge in [-0.1, -0.05) is 56.4 Å².